The fraction of sp³-hybridized carbons (Fsp3) is 0.444. The van der Waals surface area contributed by atoms with E-state index in [4.69, 9.17) is 9.84 Å². The number of morpholine rings is 1. The van der Waals surface area contributed by atoms with Gasteiger partial charge in [0, 0.05) is 35.1 Å². The number of aryl methyl sites for hydroxylation is 1. The Bertz CT molecular complexity index is 788. The number of nitrogens with zero attached hydrogens (tertiary/aromatic N) is 2. The van der Waals surface area contributed by atoms with Crippen LogP contribution in [0.5, 0.6) is 0 Å². The molecule has 2 heterocycles. The van der Waals surface area contributed by atoms with Gasteiger partial charge in [-0.05, 0) is 25.6 Å². The van der Waals surface area contributed by atoms with Crippen LogP contribution in [-0.4, -0.2) is 72.7 Å². The maximum Gasteiger partial charge on any atom is 0.317 e. The average Bonchev–Trinajstić information content (AvgIpc) is 2.96. The van der Waals surface area contributed by atoms with Gasteiger partial charge in [-0.15, -0.1) is 11.3 Å². The molecule has 1 aliphatic heterocycles. The molecule has 134 valence electrons. The average molecular weight is 362 g/mol. The number of fused-ring (bicyclic) bond motifs is 1. The molecule has 0 saturated carbocycles. The fourth-order valence-corrected chi connectivity index (χ4v) is 4.16. The Labute approximate surface area is 150 Å². The van der Waals surface area contributed by atoms with Gasteiger partial charge in [0.05, 0.1) is 24.8 Å². The lowest BCUT2D eigenvalue weighted by Gasteiger charge is -2.34. The summed E-state index contributed by atoms with van der Waals surface area (Å²) in [5.74, 6) is -0.851. The number of hydrogen-bond acceptors (Lipinski definition) is 5. The van der Waals surface area contributed by atoms with E-state index in [0.29, 0.717) is 26.2 Å². The summed E-state index contributed by atoms with van der Waals surface area (Å²) < 4.78 is 6.83. The molecule has 1 unspecified atom stereocenters. The van der Waals surface area contributed by atoms with Crippen molar-refractivity contribution < 1.29 is 19.4 Å². The van der Waals surface area contributed by atoms with Crippen LogP contribution in [0, 0.1) is 6.92 Å². The molecule has 1 amide bonds. The first-order chi connectivity index (χ1) is 11.9. The third-order valence-corrected chi connectivity index (χ3v) is 5.25. The van der Waals surface area contributed by atoms with Crippen LogP contribution >= 0.6 is 11.3 Å². The Morgan fingerprint density at radius 1 is 1.44 bits per heavy atom. The van der Waals surface area contributed by atoms with E-state index in [0.717, 1.165) is 15.6 Å². The number of rotatable bonds is 5. The second kappa shape index (κ2) is 7.51. The topological polar surface area (TPSA) is 70.1 Å². The minimum absolute atomic E-state index is 0.0179. The van der Waals surface area contributed by atoms with Gasteiger partial charge in [-0.3, -0.25) is 14.5 Å². The minimum Gasteiger partial charge on any atom is -0.480 e. The van der Waals surface area contributed by atoms with Gasteiger partial charge in [0.1, 0.15) is 0 Å². The van der Waals surface area contributed by atoms with Gasteiger partial charge >= 0.3 is 5.97 Å². The van der Waals surface area contributed by atoms with Crippen LogP contribution in [0.1, 0.15) is 15.9 Å². The molecule has 6 nitrogen and oxygen atoms in total. The molecule has 25 heavy (non-hydrogen) atoms. The van der Waals surface area contributed by atoms with Crippen LogP contribution < -0.4 is 0 Å². The van der Waals surface area contributed by atoms with Crippen LogP contribution in [-0.2, 0) is 9.53 Å². The normalized spacial score (nSPS) is 18.0. The van der Waals surface area contributed by atoms with Gasteiger partial charge in [-0.25, -0.2) is 0 Å². The van der Waals surface area contributed by atoms with E-state index in [-0.39, 0.29) is 18.6 Å². The number of benzene rings is 1. The molecule has 1 fully saturated rings. The van der Waals surface area contributed by atoms with Crippen molar-refractivity contribution in [3.63, 3.8) is 0 Å². The van der Waals surface area contributed by atoms with E-state index >= 15 is 0 Å². The maximum absolute atomic E-state index is 12.9. The molecule has 0 spiro atoms. The van der Waals surface area contributed by atoms with Crippen molar-refractivity contribution in [1.82, 2.24) is 9.80 Å². The number of likely N-dealkylation sites (N-methyl/N-ethyl adjacent to an activating group) is 1. The van der Waals surface area contributed by atoms with Crippen LogP contribution in [0.15, 0.2) is 23.6 Å². The Morgan fingerprint density at radius 2 is 2.24 bits per heavy atom. The largest absolute Gasteiger partial charge is 0.480 e. The number of carbonyl (C=O) groups is 2. The zero-order valence-electron chi connectivity index (χ0n) is 14.4. The minimum atomic E-state index is -0.869. The predicted octanol–water partition coefficient (Wildman–Crippen LogP) is 2.07. The van der Waals surface area contributed by atoms with Crippen LogP contribution in [0.3, 0.4) is 0 Å². The van der Waals surface area contributed by atoms with E-state index in [1.165, 1.54) is 5.56 Å². The highest BCUT2D eigenvalue weighted by atomic mass is 32.1. The van der Waals surface area contributed by atoms with Crippen molar-refractivity contribution in [2.45, 2.75) is 13.0 Å². The molecule has 2 aromatic rings. The standard InChI is InChI=1S/C18H22N2O4S/c1-12-3-4-14-15(11-25-16(14)7-12)18(23)20-5-6-24-13(9-20)8-19(2)10-17(21)22/h3-4,7,11,13H,5-6,8-10H2,1-2H3,(H,21,22). The monoisotopic (exact) mass is 362 g/mol. The smallest absolute Gasteiger partial charge is 0.317 e. The van der Waals surface area contributed by atoms with E-state index in [2.05, 4.69) is 6.07 Å². The third-order valence-electron chi connectivity index (χ3n) is 4.31. The van der Waals surface area contributed by atoms with Crippen molar-refractivity contribution in [2.75, 3.05) is 39.8 Å². The molecule has 0 aliphatic carbocycles. The lowest BCUT2D eigenvalue weighted by atomic mass is 10.1. The molecule has 3 rings (SSSR count). The second-order valence-corrected chi connectivity index (χ2v) is 7.39. The molecular weight excluding hydrogens is 340 g/mol. The first-order valence-electron chi connectivity index (χ1n) is 8.23. The maximum atomic E-state index is 12.9. The Morgan fingerprint density at radius 3 is 3.00 bits per heavy atom. The lowest BCUT2D eigenvalue weighted by molar-refractivity contribution is -0.138. The molecular formula is C18H22N2O4S. The fourth-order valence-electron chi connectivity index (χ4n) is 3.13. The summed E-state index contributed by atoms with van der Waals surface area (Å²) in [6, 6.07) is 6.13. The molecule has 0 bridgehead atoms. The van der Waals surface area contributed by atoms with Crippen molar-refractivity contribution in [1.29, 1.82) is 0 Å². The SMILES string of the molecule is Cc1ccc2c(C(=O)N3CCOC(CN(C)CC(=O)O)C3)csc2c1. The predicted molar refractivity (Wildman–Crippen MR) is 97.3 cm³/mol. The number of thiophene rings is 1. The van der Waals surface area contributed by atoms with Crippen molar-refractivity contribution in [3.8, 4) is 0 Å². The van der Waals surface area contributed by atoms with Crippen LogP contribution in [0.2, 0.25) is 0 Å². The number of amides is 1. The number of carboxylic acid groups (broad SMARTS) is 1. The van der Waals surface area contributed by atoms with E-state index in [1.54, 1.807) is 23.3 Å². The van der Waals surface area contributed by atoms with Gasteiger partial charge in [0.25, 0.3) is 5.91 Å². The molecule has 1 aromatic heterocycles. The van der Waals surface area contributed by atoms with Gasteiger partial charge in [0.2, 0.25) is 0 Å². The Hall–Kier alpha value is -1.96. The molecule has 1 saturated heterocycles. The zero-order chi connectivity index (χ0) is 18.0. The van der Waals surface area contributed by atoms with Crippen molar-refractivity contribution in [2.24, 2.45) is 0 Å². The van der Waals surface area contributed by atoms with Gasteiger partial charge < -0.3 is 14.7 Å². The van der Waals surface area contributed by atoms with Crippen molar-refractivity contribution in [3.05, 3.63) is 34.7 Å². The number of carbonyl (C=O) groups excluding carboxylic acids is 1. The summed E-state index contributed by atoms with van der Waals surface area (Å²) in [7, 11) is 1.74. The number of carboxylic acids is 1. The van der Waals surface area contributed by atoms with E-state index in [1.807, 2.05) is 29.3 Å². The molecule has 1 aromatic carbocycles. The summed E-state index contributed by atoms with van der Waals surface area (Å²) in [4.78, 5) is 27.2. The van der Waals surface area contributed by atoms with Gasteiger partial charge in [0.15, 0.2) is 0 Å². The number of aliphatic carboxylic acids is 1. The van der Waals surface area contributed by atoms with E-state index < -0.39 is 5.97 Å². The van der Waals surface area contributed by atoms with Gasteiger partial charge in [-0.2, -0.15) is 0 Å². The summed E-state index contributed by atoms with van der Waals surface area (Å²) in [6.45, 7) is 3.99. The Kier molecular flexibility index (Phi) is 5.36. The second-order valence-electron chi connectivity index (χ2n) is 6.48. The highest BCUT2D eigenvalue weighted by Crippen LogP contribution is 2.28. The zero-order valence-corrected chi connectivity index (χ0v) is 15.2. The molecule has 0 radical (unpaired) electrons. The molecule has 1 atom stereocenters. The third kappa shape index (κ3) is 4.18. The molecule has 1 N–H and O–H groups in total. The number of hydrogen-bond donors (Lipinski definition) is 1. The van der Waals surface area contributed by atoms with Crippen LogP contribution in [0.4, 0.5) is 0 Å². The van der Waals surface area contributed by atoms with E-state index in [9.17, 15) is 9.59 Å². The first-order valence-corrected chi connectivity index (χ1v) is 9.11. The highest BCUT2D eigenvalue weighted by Gasteiger charge is 2.27. The first kappa shape index (κ1) is 17.8. The summed E-state index contributed by atoms with van der Waals surface area (Å²) in [5, 5.41) is 11.8. The Balaban J connectivity index is 1.70. The van der Waals surface area contributed by atoms with Crippen molar-refractivity contribution >= 4 is 33.3 Å². The molecule has 1 aliphatic rings. The number of ether oxygens (including phenoxy) is 1. The quantitative estimate of drug-likeness (QED) is 0.882. The highest BCUT2D eigenvalue weighted by molar-refractivity contribution is 7.17. The summed E-state index contributed by atoms with van der Waals surface area (Å²) >= 11 is 1.59. The molecule has 7 heteroatoms. The summed E-state index contributed by atoms with van der Waals surface area (Å²) in [6.07, 6.45) is -0.172. The van der Waals surface area contributed by atoms with Crippen LogP contribution in [0.25, 0.3) is 10.1 Å². The lowest BCUT2D eigenvalue weighted by Crippen LogP contribution is -2.49. The van der Waals surface area contributed by atoms with Gasteiger partial charge in [-0.1, -0.05) is 12.1 Å². The summed E-state index contributed by atoms with van der Waals surface area (Å²) in [5.41, 5.74) is 1.92.